The lowest BCUT2D eigenvalue weighted by Gasteiger charge is -2.50. The Hall–Kier alpha value is -2.85. The van der Waals surface area contributed by atoms with Gasteiger partial charge < -0.3 is 148 Å². The molecule has 12 rings (SSSR count). The van der Waals surface area contributed by atoms with Crippen molar-refractivity contribution < 1.29 is 158 Å². The molecule has 11 aliphatic heterocycles. The van der Waals surface area contributed by atoms with Gasteiger partial charge in [-0.2, -0.15) is 0 Å². The van der Waals surface area contributed by atoms with Gasteiger partial charge in [-0.05, 0) is 54.0 Å². The van der Waals surface area contributed by atoms with Crippen LogP contribution in [0.1, 0.15) is 96.5 Å². The number of carbonyl (C=O) groups is 1. The number of methoxy groups -OCH3 is 8. The molecule has 4 N–H and O–H groups in total. The van der Waals surface area contributed by atoms with Crippen LogP contribution in [0.2, 0.25) is 10.0 Å². The highest BCUT2D eigenvalue weighted by Gasteiger charge is 2.70. The Balaban J connectivity index is 0.703. The van der Waals surface area contributed by atoms with Crippen LogP contribution < -0.4 is 9.47 Å². The smallest absolute Gasteiger partial charge is 0.342 e. The van der Waals surface area contributed by atoms with Gasteiger partial charge in [0.2, 0.25) is 0 Å². The van der Waals surface area contributed by atoms with Crippen LogP contribution >= 0.6 is 23.2 Å². The van der Waals surface area contributed by atoms with Crippen molar-refractivity contribution in [3.8, 4) is 11.5 Å². The second-order valence-electron chi connectivity index (χ2n) is 29.0. The molecular weight excluding hydrogens is 1430 g/mol. The van der Waals surface area contributed by atoms with Crippen LogP contribution in [0.25, 0.3) is 0 Å². The van der Waals surface area contributed by atoms with Gasteiger partial charge in [0, 0.05) is 86.3 Å². The highest BCUT2D eigenvalue weighted by Crippen LogP contribution is 2.54. The molecule has 11 aliphatic rings. The highest BCUT2D eigenvalue weighted by molar-refractivity contribution is 6.39. The summed E-state index contributed by atoms with van der Waals surface area (Å²) >= 11 is 13.3. The molecule has 0 aliphatic carbocycles. The van der Waals surface area contributed by atoms with Gasteiger partial charge in [-0.25, -0.2) is 4.79 Å². The van der Waals surface area contributed by atoms with Gasteiger partial charge in [-0.15, -0.1) is 0 Å². The summed E-state index contributed by atoms with van der Waals surface area (Å²) in [7, 11) is 11.2. The van der Waals surface area contributed by atoms with Crippen LogP contribution in [-0.2, 0) is 118 Å². The summed E-state index contributed by atoms with van der Waals surface area (Å²) in [5.41, 5.74) is -4.19. The zero-order valence-corrected chi connectivity index (χ0v) is 62.6. The molecule has 11 saturated heterocycles. The van der Waals surface area contributed by atoms with Crippen molar-refractivity contribution in [1.29, 1.82) is 0 Å². The molecule has 104 heavy (non-hydrogen) atoms. The van der Waals surface area contributed by atoms with Gasteiger partial charge in [0.25, 0.3) is 11.5 Å². The molecular formula is C67H101Cl2NO34. The maximum absolute atomic E-state index is 14.5. The van der Waals surface area contributed by atoms with E-state index >= 15 is 0 Å². The van der Waals surface area contributed by atoms with E-state index in [1.165, 1.54) is 63.8 Å². The molecule has 35 nitrogen and oxygen atoms in total. The number of fused-ring (bicyclic) bond motifs is 4. The molecule has 0 radical (unpaired) electrons. The third-order valence-electron chi connectivity index (χ3n) is 22.2. The van der Waals surface area contributed by atoms with E-state index in [2.05, 4.69) is 0 Å². The van der Waals surface area contributed by atoms with Crippen LogP contribution in [-0.4, -0.2) is 322 Å². The van der Waals surface area contributed by atoms with Gasteiger partial charge in [-0.3, -0.25) is 10.1 Å². The Morgan fingerprint density at radius 3 is 1.99 bits per heavy atom. The second-order valence-corrected chi connectivity index (χ2v) is 29.7. The molecule has 592 valence electrons. The number of esters is 1. The molecule has 2 spiro atoms. The number of nitro groups is 1. The number of carbonyl (C=O) groups excluding carboxylic acids is 1. The minimum atomic E-state index is -1.84. The predicted octanol–water partition coefficient (Wildman–Crippen LogP) is 2.34. The molecule has 1 aromatic rings. The van der Waals surface area contributed by atoms with Crippen LogP contribution in [0.15, 0.2) is 0 Å². The summed E-state index contributed by atoms with van der Waals surface area (Å²) in [5.74, 6) is -5.33. The van der Waals surface area contributed by atoms with Crippen molar-refractivity contribution >= 4 is 29.2 Å². The van der Waals surface area contributed by atoms with E-state index in [1.807, 2.05) is 0 Å². The largest absolute Gasteiger partial charge is 0.494 e. The average Bonchev–Trinajstić information content (AvgIpc) is 1.56. The first-order valence-corrected chi connectivity index (χ1v) is 35.8. The third-order valence-corrected chi connectivity index (χ3v) is 23.0. The maximum Gasteiger partial charge on any atom is 0.342 e. The summed E-state index contributed by atoms with van der Waals surface area (Å²) in [4.78, 5) is 26.8. The molecule has 37 heteroatoms. The van der Waals surface area contributed by atoms with Gasteiger partial charge in [0.05, 0.1) is 94.6 Å². The lowest BCUT2D eigenvalue weighted by Crippen LogP contribution is -2.66. The topological polar surface area (TPSA) is 390 Å². The summed E-state index contributed by atoms with van der Waals surface area (Å²) in [5, 5.41) is 61.4. The Bertz CT molecular complexity index is 3120. The second kappa shape index (κ2) is 32.1. The molecule has 34 atom stereocenters. The predicted molar refractivity (Wildman–Crippen MR) is 348 cm³/mol. The number of nitrogens with zero attached hydrogens (tertiary/aromatic N) is 1. The number of halogens is 2. The van der Waals surface area contributed by atoms with Crippen molar-refractivity contribution in [3.05, 3.63) is 31.3 Å². The zero-order valence-electron chi connectivity index (χ0n) is 61.1. The van der Waals surface area contributed by atoms with E-state index in [9.17, 15) is 35.3 Å². The molecule has 0 bridgehead atoms. The fraction of sp³-hybridized carbons (Fsp3) is 0.896. The Labute approximate surface area is 611 Å². The van der Waals surface area contributed by atoms with Crippen molar-refractivity contribution in [1.82, 2.24) is 0 Å². The first kappa shape index (κ1) is 80.7. The molecule has 11 fully saturated rings. The van der Waals surface area contributed by atoms with Crippen LogP contribution in [0, 0.1) is 23.0 Å². The Kier molecular flexibility index (Phi) is 24.9. The maximum atomic E-state index is 14.5. The number of ether oxygens (including phenoxy) is 27. The van der Waals surface area contributed by atoms with Crippen molar-refractivity contribution in [2.75, 3.05) is 90.1 Å². The van der Waals surface area contributed by atoms with Gasteiger partial charge in [0.1, 0.15) is 108 Å². The third kappa shape index (κ3) is 14.8. The summed E-state index contributed by atoms with van der Waals surface area (Å²) in [6.07, 6.45) is -30.5. The lowest BCUT2D eigenvalue weighted by molar-refractivity contribution is -0.595. The SMILES string of the molecule is COCC[C@]1(O)CO[C@]2(O[C@H]3[C@@H](OC)[C@H](O[C@@H]4O[C@H](COC)[C@@H](O[C@@H]5O[C@H](C)[C@H](OC)[C@H](O[C@H]6C[C@@]7(C)OC8(C[C@@H](O)[C@H]([C@H]9C[C@@H](O[C@H]%10C[C@@](C)([N+](=O)[O-])[C@@H](OC)[C@H](C)O%10)[C@H](OC(=O)c%10c(C)c(Cl)c(OC)c(Cl)c%10OC)[C@@H](C)O9)[C@@H](C)O8)O[C@@H]7[C@@H](C)O6)[C@H]5O)[C@H](O)[C@@H]4OC)OC[C@@H]3O2)[C@@H]2OCO[C@H]21. The molecule has 0 aromatic heterocycles. The van der Waals surface area contributed by atoms with Gasteiger partial charge in [-0.1, -0.05) is 23.2 Å². The lowest BCUT2D eigenvalue weighted by atomic mass is 9.81. The standard InChI is InChI=1S/C67H101Cl2NO34/c1-27-40(50(81-12)43(69)51(82-13)42(27)68)59(74)97-46-29(3)90-34(19-35(46)94-38-21-63(7,70(76)77)55(85-16)31(5)91-38)41-28(2)100-66(20-33(41)71)103-56-32(6)92-39(22-64(56,8)104-66)96-52-45(73)60(93-30(4)47(52)80-11)98-48-36(23-79-10)95-62(53(83-14)44(48)72)99-61-54(84-15)49-37(24-86-61)101-67(102-49)58-57(87-26-88-58)65(75,25-89-67)17-18-78-9/h28-39,41,44-49,52-58,60-62,71-73,75H,17-26H2,1-16H3/t28-,29-,30-,31+,32-,33-,34-,35-,36-,37+,38+,39+,41-,44+,45-,46-,47+,48-,49-,52-,53+,54-,55+,56-,57-,58-,60+,61+,62+,63-,64-,65+,66?,67-/m1/s1. The van der Waals surface area contributed by atoms with Crippen molar-refractivity contribution in [3.63, 3.8) is 0 Å². The van der Waals surface area contributed by atoms with Crippen LogP contribution in [0.3, 0.4) is 0 Å². The molecule has 11 heterocycles. The number of aliphatic hydroxyl groups is 4. The van der Waals surface area contributed by atoms with Crippen LogP contribution in [0.4, 0.5) is 0 Å². The first-order chi connectivity index (χ1) is 49.4. The number of aliphatic hydroxyl groups excluding tert-OH is 3. The van der Waals surface area contributed by atoms with Gasteiger partial charge >= 0.3 is 11.9 Å². The number of benzene rings is 1. The summed E-state index contributed by atoms with van der Waals surface area (Å²) in [6, 6.07) is 0. The highest BCUT2D eigenvalue weighted by atomic mass is 35.5. The van der Waals surface area contributed by atoms with E-state index in [0.717, 1.165) is 0 Å². The molecule has 1 aromatic carbocycles. The fourth-order valence-corrected chi connectivity index (χ4v) is 17.9. The average molecular weight is 1540 g/mol. The van der Waals surface area contributed by atoms with E-state index in [0.29, 0.717) is 0 Å². The van der Waals surface area contributed by atoms with E-state index in [4.69, 9.17) is 151 Å². The summed E-state index contributed by atoms with van der Waals surface area (Å²) < 4.78 is 168. The minimum Gasteiger partial charge on any atom is -0.494 e. The molecule has 1 unspecified atom stereocenters. The molecule has 0 saturated carbocycles. The summed E-state index contributed by atoms with van der Waals surface area (Å²) in [6.45, 7) is 13.0. The quantitative estimate of drug-likeness (QED) is 0.0694. The van der Waals surface area contributed by atoms with E-state index in [-0.39, 0.29) is 98.0 Å². The number of hydrogen-bond donors (Lipinski definition) is 4. The number of rotatable bonds is 23. The van der Waals surface area contributed by atoms with E-state index in [1.54, 1.807) is 48.5 Å². The number of hydrogen-bond acceptors (Lipinski definition) is 34. The van der Waals surface area contributed by atoms with Crippen LogP contribution in [0.5, 0.6) is 11.5 Å². The van der Waals surface area contributed by atoms with Crippen molar-refractivity contribution in [2.45, 2.75) is 288 Å². The van der Waals surface area contributed by atoms with Crippen molar-refractivity contribution in [2.24, 2.45) is 5.92 Å². The fourth-order valence-electron chi connectivity index (χ4n) is 17.2. The first-order valence-electron chi connectivity index (χ1n) is 35.0. The normalized spacial score (nSPS) is 48.0. The monoisotopic (exact) mass is 1530 g/mol. The molecule has 0 amide bonds. The van der Waals surface area contributed by atoms with E-state index < -0.39 is 217 Å². The Morgan fingerprint density at radius 2 is 1.33 bits per heavy atom. The Morgan fingerprint density at radius 1 is 0.635 bits per heavy atom. The zero-order chi connectivity index (χ0) is 75.0. The minimum absolute atomic E-state index is 0.00246. The van der Waals surface area contributed by atoms with Gasteiger partial charge in [0.15, 0.2) is 61.3 Å².